The summed E-state index contributed by atoms with van der Waals surface area (Å²) in [4.78, 5) is 31.4. The van der Waals surface area contributed by atoms with Crippen molar-refractivity contribution in [3.05, 3.63) is 52.8 Å². The molecule has 3 N–H and O–H groups in total. The molecule has 3 rings (SSSR count). The summed E-state index contributed by atoms with van der Waals surface area (Å²) in [5.74, 6) is -1.03. The number of carbonyl (C=O) groups is 2. The molecule has 0 radical (unpaired) electrons. The fourth-order valence-electron chi connectivity index (χ4n) is 3.14. The number of piperazine rings is 1. The smallest absolute Gasteiger partial charge is 0.369 e. The number of aromatic nitrogens is 1. The summed E-state index contributed by atoms with van der Waals surface area (Å²) in [5.41, 5.74) is 5.27. The maximum Gasteiger partial charge on any atom is 0.417 e. The lowest BCUT2D eigenvalue weighted by atomic mass is 10.2. The zero-order chi connectivity index (χ0) is 21.9. The summed E-state index contributed by atoms with van der Waals surface area (Å²) >= 11 is 5.59. The molecule has 0 unspecified atom stereocenters. The molecule has 0 bridgehead atoms. The Bertz CT molecular complexity index is 946. The number of carbonyl (C=O) groups excluding carboxylic acids is 2. The SMILES string of the molecule is NC(=O)c1cc(N2CCN(CC(=O)Nc3ccc(Cl)c(C(F)(F)F)c3)CC2)ccn1. The highest BCUT2D eigenvalue weighted by Gasteiger charge is 2.33. The van der Waals surface area contributed by atoms with Crippen LogP contribution in [0.25, 0.3) is 0 Å². The van der Waals surface area contributed by atoms with E-state index in [-0.39, 0.29) is 17.9 Å². The average molecular weight is 442 g/mol. The second kappa shape index (κ2) is 8.88. The molecule has 160 valence electrons. The highest BCUT2D eigenvalue weighted by molar-refractivity contribution is 6.31. The van der Waals surface area contributed by atoms with Crippen molar-refractivity contribution in [3.8, 4) is 0 Å². The lowest BCUT2D eigenvalue weighted by Crippen LogP contribution is -2.48. The van der Waals surface area contributed by atoms with Crippen molar-refractivity contribution in [1.82, 2.24) is 9.88 Å². The predicted molar refractivity (Wildman–Crippen MR) is 106 cm³/mol. The number of primary amides is 1. The van der Waals surface area contributed by atoms with Gasteiger partial charge in [-0.3, -0.25) is 19.5 Å². The number of halogens is 4. The van der Waals surface area contributed by atoms with Gasteiger partial charge in [-0.05, 0) is 30.3 Å². The fraction of sp³-hybridized carbons (Fsp3) is 0.316. The van der Waals surface area contributed by atoms with Crippen LogP contribution in [-0.4, -0.2) is 54.4 Å². The van der Waals surface area contributed by atoms with Gasteiger partial charge in [0, 0.05) is 43.8 Å². The Morgan fingerprint density at radius 3 is 2.47 bits per heavy atom. The molecule has 7 nitrogen and oxygen atoms in total. The van der Waals surface area contributed by atoms with Crippen molar-refractivity contribution in [2.75, 3.05) is 42.9 Å². The highest BCUT2D eigenvalue weighted by Crippen LogP contribution is 2.36. The Balaban J connectivity index is 1.55. The lowest BCUT2D eigenvalue weighted by molar-refractivity contribution is -0.137. The van der Waals surface area contributed by atoms with Gasteiger partial charge in [0.1, 0.15) is 5.69 Å². The Morgan fingerprint density at radius 1 is 1.13 bits per heavy atom. The number of alkyl halides is 3. The first-order valence-electron chi connectivity index (χ1n) is 9.03. The lowest BCUT2D eigenvalue weighted by Gasteiger charge is -2.35. The van der Waals surface area contributed by atoms with Gasteiger partial charge < -0.3 is 16.0 Å². The molecule has 1 aliphatic rings. The van der Waals surface area contributed by atoms with E-state index in [2.05, 4.69) is 10.3 Å². The summed E-state index contributed by atoms with van der Waals surface area (Å²) in [6.07, 6.45) is -3.09. The molecular weight excluding hydrogens is 423 g/mol. The Labute approximate surface area is 175 Å². The van der Waals surface area contributed by atoms with Gasteiger partial charge in [-0.25, -0.2) is 0 Å². The first-order chi connectivity index (χ1) is 14.1. The molecule has 2 heterocycles. The van der Waals surface area contributed by atoms with Gasteiger partial charge in [-0.1, -0.05) is 11.6 Å². The minimum atomic E-state index is -4.60. The third-order valence-electron chi connectivity index (χ3n) is 4.66. The van der Waals surface area contributed by atoms with E-state index in [4.69, 9.17) is 17.3 Å². The van der Waals surface area contributed by atoms with Crippen molar-refractivity contribution >= 4 is 34.8 Å². The van der Waals surface area contributed by atoms with Crippen molar-refractivity contribution in [2.45, 2.75) is 6.18 Å². The highest BCUT2D eigenvalue weighted by atomic mass is 35.5. The van der Waals surface area contributed by atoms with Crippen molar-refractivity contribution in [2.24, 2.45) is 5.73 Å². The third kappa shape index (κ3) is 5.39. The van der Waals surface area contributed by atoms with Crippen LogP contribution in [0.2, 0.25) is 5.02 Å². The normalized spacial score (nSPS) is 15.1. The molecule has 1 aromatic heterocycles. The molecule has 0 atom stereocenters. The summed E-state index contributed by atoms with van der Waals surface area (Å²) in [7, 11) is 0. The number of nitrogens with one attached hydrogen (secondary N) is 1. The van der Waals surface area contributed by atoms with Gasteiger partial charge in [0.15, 0.2) is 0 Å². The molecule has 1 saturated heterocycles. The van der Waals surface area contributed by atoms with E-state index in [9.17, 15) is 22.8 Å². The van der Waals surface area contributed by atoms with Gasteiger partial charge in [0.25, 0.3) is 5.91 Å². The molecule has 1 aromatic carbocycles. The van der Waals surface area contributed by atoms with Crippen LogP contribution in [0.3, 0.4) is 0 Å². The van der Waals surface area contributed by atoms with Crippen LogP contribution in [0.1, 0.15) is 16.1 Å². The summed E-state index contributed by atoms with van der Waals surface area (Å²) in [6.45, 7) is 2.39. The molecule has 11 heteroatoms. The largest absolute Gasteiger partial charge is 0.417 e. The number of rotatable bonds is 5. The summed E-state index contributed by atoms with van der Waals surface area (Å²) < 4.78 is 38.8. The second-order valence-corrected chi connectivity index (χ2v) is 7.17. The monoisotopic (exact) mass is 441 g/mol. The fourth-order valence-corrected chi connectivity index (χ4v) is 3.36. The number of hydrogen-bond donors (Lipinski definition) is 2. The second-order valence-electron chi connectivity index (χ2n) is 6.77. The zero-order valence-corrected chi connectivity index (χ0v) is 16.5. The molecular formula is C19H19ClF3N5O2. The molecule has 0 aliphatic carbocycles. The Hall–Kier alpha value is -2.85. The first-order valence-corrected chi connectivity index (χ1v) is 9.41. The van der Waals surface area contributed by atoms with Gasteiger partial charge in [0.2, 0.25) is 5.91 Å². The van der Waals surface area contributed by atoms with Crippen LogP contribution in [0, 0.1) is 0 Å². The van der Waals surface area contributed by atoms with Crippen LogP contribution in [0.5, 0.6) is 0 Å². The van der Waals surface area contributed by atoms with E-state index in [1.807, 2.05) is 9.80 Å². The van der Waals surface area contributed by atoms with E-state index in [1.165, 1.54) is 12.3 Å². The minimum Gasteiger partial charge on any atom is -0.369 e. The van der Waals surface area contributed by atoms with E-state index in [0.29, 0.717) is 26.2 Å². The van der Waals surface area contributed by atoms with E-state index in [0.717, 1.165) is 17.8 Å². The Morgan fingerprint density at radius 2 is 1.83 bits per heavy atom. The number of nitrogens with zero attached hydrogens (tertiary/aromatic N) is 3. The van der Waals surface area contributed by atoms with Crippen LogP contribution < -0.4 is 16.0 Å². The number of anilines is 2. The molecule has 2 aromatic rings. The zero-order valence-electron chi connectivity index (χ0n) is 15.7. The number of amides is 2. The van der Waals surface area contributed by atoms with E-state index < -0.39 is 28.6 Å². The maximum atomic E-state index is 12.9. The van der Waals surface area contributed by atoms with Crippen molar-refractivity contribution in [3.63, 3.8) is 0 Å². The first kappa shape index (κ1) is 21.8. The molecule has 1 fully saturated rings. The molecule has 2 amide bonds. The van der Waals surface area contributed by atoms with Crippen LogP contribution in [0.4, 0.5) is 24.5 Å². The summed E-state index contributed by atoms with van der Waals surface area (Å²) in [6, 6.07) is 6.63. The van der Waals surface area contributed by atoms with Gasteiger partial charge in [0.05, 0.1) is 17.1 Å². The van der Waals surface area contributed by atoms with E-state index in [1.54, 1.807) is 12.1 Å². The topological polar surface area (TPSA) is 91.6 Å². The van der Waals surface area contributed by atoms with Crippen LogP contribution >= 0.6 is 11.6 Å². The molecule has 1 aliphatic heterocycles. The molecule has 0 saturated carbocycles. The van der Waals surface area contributed by atoms with Crippen molar-refractivity contribution < 1.29 is 22.8 Å². The third-order valence-corrected chi connectivity index (χ3v) is 4.99. The number of nitrogens with two attached hydrogens (primary N) is 1. The Kier molecular flexibility index (Phi) is 6.47. The van der Waals surface area contributed by atoms with Gasteiger partial charge in [-0.15, -0.1) is 0 Å². The standard InChI is InChI=1S/C19H19ClF3N5O2/c20-15-2-1-12(9-14(15)19(21,22)23)26-17(29)11-27-5-7-28(8-6-27)13-3-4-25-16(10-13)18(24)30/h1-4,9-10H,5-8,11H2,(H2,24,30)(H,26,29). The van der Waals surface area contributed by atoms with E-state index >= 15 is 0 Å². The number of benzene rings is 1. The number of pyridine rings is 1. The maximum absolute atomic E-state index is 12.9. The quantitative estimate of drug-likeness (QED) is 0.744. The minimum absolute atomic E-state index is 0.0335. The van der Waals surface area contributed by atoms with Crippen LogP contribution in [-0.2, 0) is 11.0 Å². The average Bonchev–Trinajstić information content (AvgIpc) is 2.69. The molecule has 0 spiro atoms. The summed E-state index contributed by atoms with van der Waals surface area (Å²) in [5, 5.41) is 2.06. The van der Waals surface area contributed by atoms with Gasteiger partial charge in [-0.2, -0.15) is 13.2 Å². The molecule has 30 heavy (non-hydrogen) atoms. The van der Waals surface area contributed by atoms with Crippen LogP contribution in [0.15, 0.2) is 36.5 Å². The van der Waals surface area contributed by atoms with Crippen molar-refractivity contribution in [1.29, 1.82) is 0 Å². The number of hydrogen-bond acceptors (Lipinski definition) is 5. The predicted octanol–water partition coefficient (Wildman–Crippen LogP) is 2.61. The van der Waals surface area contributed by atoms with Gasteiger partial charge >= 0.3 is 6.18 Å².